The van der Waals surface area contributed by atoms with Gasteiger partial charge in [-0.2, -0.15) is 0 Å². The van der Waals surface area contributed by atoms with Crippen LogP contribution in [0.5, 0.6) is 0 Å². The first-order valence-corrected chi connectivity index (χ1v) is 9.65. The number of rotatable bonds is 5. The summed E-state index contributed by atoms with van der Waals surface area (Å²) in [7, 11) is -2.01. The number of hydrogen-bond donors (Lipinski definition) is 0. The van der Waals surface area contributed by atoms with Crippen LogP contribution in [0, 0.1) is 0 Å². The molecule has 0 bridgehead atoms. The van der Waals surface area contributed by atoms with Crippen molar-refractivity contribution in [1.29, 1.82) is 0 Å². The molecule has 2 aromatic rings. The number of sulfone groups is 1. The number of aromatic nitrogens is 2. The van der Waals surface area contributed by atoms with Crippen LogP contribution >= 0.6 is 11.3 Å². The number of hydrogen-bond acceptors (Lipinski definition) is 9. The Labute approximate surface area is 146 Å². The molecule has 1 aliphatic rings. The maximum Gasteiger partial charge on any atom is 0.376 e. The minimum Gasteiger partial charge on any atom is -0.457 e. The van der Waals surface area contributed by atoms with Crippen molar-refractivity contribution in [3.05, 3.63) is 24.2 Å². The Morgan fingerprint density at radius 2 is 2.24 bits per heavy atom. The quantitative estimate of drug-likeness (QED) is 0.550. The number of urea groups is 1. The molecule has 3 rings (SSSR count). The lowest BCUT2D eigenvalue weighted by atomic mass is 10.4. The highest BCUT2D eigenvalue weighted by Gasteiger charge is 2.41. The summed E-state index contributed by atoms with van der Waals surface area (Å²) in [5.74, 6) is -0.880. The summed E-state index contributed by atoms with van der Waals surface area (Å²) in [5, 5.41) is 7.45. The van der Waals surface area contributed by atoms with E-state index < -0.39 is 28.1 Å². The lowest BCUT2D eigenvalue weighted by Gasteiger charge is -2.19. The first-order chi connectivity index (χ1) is 11.8. The second kappa shape index (κ2) is 6.44. The van der Waals surface area contributed by atoms with Gasteiger partial charge in [-0.15, -0.1) is 10.2 Å². The normalized spacial score (nSPS) is 18.0. The number of nitrogens with zero attached hydrogens (tertiary/aromatic N) is 4. The minimum absolute atomic E-state index is 0.00605. The topological polar surface area (TPSA) is 123 Å². The van der Waals surface area contributed by atoms with Crippen LogP contribution in [0.15, 0.2) is 27.2 Å². The first kappa shape index (κ1) is 17.4. The van der Waals surface area contributed by atoms with Gasteiger partial charge in [0.1, 0.15) is 0 Å². The van der Waals surface area contributed by atoms with Crippen LogP contribution in [0.1, 0.15) is 17.5 Å². The predicted molar refractivity (Wildman–Crippen MR) is 86.1 cm³/mol. The van der Waals surface area contributed by atoms with E-state index in [9.17, 15) is 18.0 Å². The van der Waals surface area contributed by atoms with Gasteiger partial charge in [-0.3, -0.25) is 0 Å². The summed E-state index contributed by atoms with van der Waals surface area (Å²) in [6.45, 7) is 1.58. The summed E-state index contributed by atoms with van der Waals surface area (Å²) in [6.07, 6.45) is 0.354. The Morgan fingerprint density at radius 1 is 1.48 bits per heavy atom. The summed E-state index contributed by atoms with van der Waals surface area (Å²) in [4.78, 5) is 26.8. The number of esters is 1. The number of likely N-dealkylation sites (N-methyl/N-ethyl adjacent to an activating group) is 1. The van der Waals surface area contributed by atoms with Crippen molar-refractivity contribution in [2.45, 2.75) is 17.5 Å². The zero-order valence-electron chi connectivity index (χ0n) is 13.3. The van der Waals surface area contributed by atoms with Crippen molar-refractivity contribution in [3.63, 3.8) is 0 Å². The van der Waals surface area contributed by atoms with Crippen LogP contribution in [-0.2, 0) is 14.6 Å². The Morgan fingerprint density at radius 3 is 2.88 bits per heavy atom. The maximum absolute atomic E-state index is 12.3. The molecule has 1 saturated heterocycles. The molecule has 10 nitrogen and oxygen atoms in total. The molecule has 25 heavy (non-hydrogen) atoms. The van der Waals surface area contributed by atoms with Gasteiger partial charge in [-0.25, -0.2) is 22.9 Å². The molecule has 1 fully saturated rings. The van der Waals surface area contributed by atoms with E-state index in [0.29, 0.717) is 0 Å². The minimum atomic E-state index is -3.54. The third-order valence-corrected chi connectivity index (χ3v) is 6.57. The SMILES string of the molecule is CCS(=O)(=O)c1nnc(N2C(=O)N(C)CC2OC(=O)c2ccco2)s1. The lowest BCUT2D eigenvalue weighted by Crippen LogP contribution is -2.37. The van der Waals surface area contributed by atoms with Gasteiger partial charge in [0.25, 0.3) is 0 Å². The van der Waals surface area contributed by atoms with Crippen LogP contribution in [-0.4, -0.2) is 61.1 Å². The fourth-order valence-electron chi connectivity index (χ4n) is 2.12. The summed E-state index contributed by atoms with van der Waals surface area (Å²) >= 11 is 0.749. The average Bonchev–Trinajstić information content (AvgIpc) is 3.30. The van der Waals surface area contributed by atoms with Crippen LogP contribution in [0.3, 0.4) is 0 Å². The number of carbonyl (C=O) groups is 2. The Bertz CT molecular complexity index is 892. The fourth-order valence-corrected chi connectivity index (χ4v) is 4.23. The zero-order chi connectivity index (χ0) is 18.2. The molecule has 1 aliphatic heterocycles. The maximum atomic E-state index is 12.3. The van der Waals surface area contributed by atoms with Crippen molar-refractivity contribution in [2.24, 2.45) is 0 Å². The van der Waals surface area contributed by atoms with Crippen LogP contribution in [0.25, 0.3) is 0 Å². The van der Waals surface area contributed by atoms with Crippen LogP contribution < -0.4 is 4.90 Å². The van der Waals surface area contributed by atoms with E-state index in [4.69, 9.17) is 9.15 Å². The van der Waals surface area contributed by atoms with Gasteiger partial charge < -0.3 is 14.1 Å². The molecule has 1 atom stereocenters. The van der Waals surface area contributed by atoms with Crippen molar-refractivity contribution >= 4 is 38.3 Å². The Kier molecular flexibility index (Phi) is 4.47. The zero-order valence-corrected chi connectivity index (χ0v) is 14.9. The lowest BCUT2D eigenvalue weighted by molar-refractivity contribution is 0.0295. The Balaban J connectivity index is 1.87. The highest BCUT2D eigenvalue weighted by molar-refractivity contribution is 7.93. The van der Waals surface area contributed by atoms with Gasteiger partial charge >= 0.3 is 12.0 Å². The van der Waals surface area contributed by atoms with Gasteiger partial charge in [-0.1, -0.05) is 18.3 Å². The van der Waals surface area contributed by atoms with Crippen molar-refractivity contribution < 1.29 is 27.2 Å². The second-order valence-electron chi connectivity index (χ2n) is 5.12. The van der Waals surface area contributed by atoms with E-state index in [1.807, 2.05) is 0 Å². The number of carbonyl (C=O) groups excluding carboxylic acids is 2. The van der Waals surface area contributed by atoms with Crippen LogP contribution in [0.2, 0.25) is 0 Å². The Hall–Kier alpha value is -2.47. The molecular formula is C13H14N4O6S2. The van der Waals surface area contributed by atoms with Crippen molar-refractivity contribution in [3.8, 4) is 0 Å². The smallest absolute Gasteiger partial charge is 0.376 e. The highest BCUT2D eigenvalue weighted by atomic mass is 32.2. The molecule has 0 N–H and O–H groups in total. The van der Waals surface area contributed by atoms with Crippen molar-refractivity contribution in [2.75, 3.05) is 24.2 Å². The number of ether oxygens (including phenoxy) is 1. The largest absolute Gasteiger partial charge is 0.457 e. The van der Waals surface area contributed by atoms with E-state index in [1.165, 1.54) is 37.3 Å². The molecule has 1 unspecified atom stereocenters. The van der Waals surface area contributed by atoms with Gasteiger partial charge in [0, 0.05) is 7.05 Å². The summed E-state index contributed by atoms with van der Waals surface area (Å²) in [5.41, 5.74) is 0. The molecular weight excluding hydrogens is 372 g/mol. The average molecular weight is 386 g/mol. The van der Waals surface area contributed by atoms with Gasteiger partial charge in [0.2, 0.25) is 31.3 Å². The first-order valence-electron chi connectivity index (χ1n) is 7.18. The molecule has 0 saturated carbocycles. The van der Waals surface area contributed by atoms with E-state index >= 15 is 0 Å². The van der Waals surface area contributed by atoms with E-state index in [1.54, 1.807) is 0 Å². The molecule has 134 valence electrons. The number of furan rings is 1. The van der Waals surface area contributed by atoms with Crippen molar-refractivity contribution in [1.82, 2.24) is 15.1 Å². The standard InChI is InChI=1S/C13H14N4O6S2/c1-3-25(20,21)12-15-14-11(24-12)17-9(7-16(2)13(17)19)23-10(18)8-5-4-6-22-8/h4-6,9H,3,7H2,1-2H3. The molecule has 2 aromatic heterocycles. The molecule has 0 radical (unpaired) electrons. The monoisotopic (exact) mass is 386 g/mol. The van der Waals surface area contributed by atoms with Crippen LogP contribution in [0.4, 0.5) is 9.93 Å². The van der Waals surface area contributed by atoms with E-state index in [2.05, 4.69) is 10.2 Å². The molecule has 0 spiro atoms. The second-order valence-corrected chi connectivity index (χ2v) is 8.53. The van der Waals surface area contributed by atoms with Gasteiger partial charge in [0.05, 0.1) is 18.6 Å². The molecule has 0 aliphatic carbocycles. The van der Waals surface area contributed by atoms with Gasteiger partial charge in [0.15, 0.2) is 0 Å². The number of amides is 2. The summed E-state index contributed by atoms with van der Waals surface area (Å²) < 4.78 is 33.9. The molecule has 0 aromatic carbocycles. The fraction of sp³-hybridized carbons (Fsp3) is 0.385. The molecule has 12 heteroatoms. The molecule has 3 heterocycles. The predicted octanol–water partition coefficient (Wildman–Crippen LogP) is 0.980. The van der Waals surface area contributed by atoms with Gasteiger partial charge in [-0.05, 0) is 12.1 Å². The van der Waals surface area contributed by atoms with E-state index in [-0.39, 0.29) is 27.5 Å². The summed E-state index contributed by atoms with van der Waals surface area (Å²) in [6, 6.07) is 2.49. The third-order valence-electron chi connectivity index (χ3n) is 3.46. The van der Waals surface area contributed by atoms with E-state index in [0.717, 1.165) is 16.2 Å². The molecule has 2 amide bonds. The number of anilines is 1. The highest BCUT2D eigenvalue weighted by Crippen LogP contribution is 2.30. The third kappa shape index (κ3) is 3.22.